The Morgan fingerprint density at radius 1 is 1.10 bits per heavy atom. The molecule has 164 valence electrons. The Bertz CT molecular complexity index is 865. The number of carbonyl (C=O) groups is 2. The van der Waals surface area contributed by atoms with Crippen molar-refractivity contribution in [2.45, 2.75) is 37.2 Å². The van der Waals surface area contributed by atoms with Crippen LogP contribution in [0.2, 0.25) is 0 Å². The Morgan fingerprint density at radius 2 is 1.81 bits per heavy atom. The van der Waals surface area contributed by atoms with Gasteiger partial charge in [0.1, 0.15) is 5.75 Å². The molecule has 0 bridgehead atoms. The highest BCUT2D eigenvalue weighted by Gasteiger charge is 2.16. The minimum Gasteiger partial charge on any atom is -0.484 e. The van der Waals surface area contributed by atoms with Crippen LogP contribution in [0.25, 0.3) is 0 Å². The molecule has 0 aromatic heterocycles. The molecule has 1 atom stereocenters. The van der Waals surface area contributed by atoms with Crippen LogP contribution < -0.4 is 10.2 Å². The van der Waals surface area contributed by atoms with Crippen molar-refractivity contribution < 1.29 is 14.3 Å². The molecule has 0 spiro atoms. The van der Waals surface area contributed by atoms with Crippen molar-refractivity contribution in [1.82, 2.24) is 10.3 Å². The Balaban J connectivity index is 1.38. The second kappa shape index (κ2) is 12.2. The molecule has 1 saturated heterocycles. The van der Waals surface area contributed by atoms with Gasteiger partial charge in [-0.3, -0.25) is 9.59 Å². The predicted molar refractivity (Wildman–Crippen MR) is 125 cm³/mol. The van der Waals surface area contributed by atoms with Crippen LogP contribution >= 0.6 is 11.8 Å². The Morgan fingerprint density at radius 3 is 2.52 bits per heavy atom. The second-order valence-corrected chi connectivity index (χ2v) is 8.80. The van der Waals surface area contributed by atoms with Gasteiger partial charge in [-0.05, 0) is 61.6 Å². The van der Waals surface area contributed by atoms with Crippen molar-refractivity contribution in [2.24, 2.45) is 5.10 Å². The second-order valence-electron chi connectivity index (χ2n) is 7.47. The molecule has 6 nitrogen and oxygen atoms in total. The minimum atomic E-state index is -0.203. The number of benzene rings is 2. The highest BCUT2D eigenvalue weighted by atomic mass is 32.2. The first-order chi connectivity index (χ1) is 15.1. The number of nitrogens with zero attached hydrogens (tertiary/aromatic N) is 2. The molecular weight excluding hydrogens is 410 g/mol. The van der Waals surface area contributed by atoms with E-state index in [1.54, 1.807) is 30.1 Å². The van der Waals surface area contributed by atoms with Crippen molar-refractivity contribution in [3.8, 4) is 5.75 Å². The number of hydrazone groups is 1. The Kier molecular flexibility index (Phi) is 8.97. The molecule has 1 heterocycles. The SMILES string of the molecule is C[C@H](SCc1ccccc1)C(=O)N/N=C\c1ccc(OCC(=O)N2CCCCC2)cc1. The van der Waals surface area contributed by atoms with E-state index in [4.69, 9.17) is 4.74 Å². The zero-order chi connectivity index (χ0) is 21.9. The first-order valence-electron chi connectivity index (χ1n) is 10.6. The third-order valence-electron chi connectivity index (χ3n) is 5.05. The molecule has 0 aliphatic carbocycles. The number of nitrogens with one attached hydrogen (secondary N) is 1. The molecule has 2 aromatic rings. The van der Waals surface area contributed by atoms with E-state index in [1.807, 2.05) is 54.3 Å². The maximum absolute atomic E-state index is 12.2. The summed E-state index contributed by atoms with van der Waals surface area (Å²) in [5.41, 5.74) is 4.61. The van der Waals surface area contributed by atoms with Crippen molar-refractivity contribution in [1.29, 1.82) is 0 Å². The number of ether oxygens (including phenoxy) is 1. The largest absolute Gasteiger partial charge is 0.484 e. The summed E-state index contributed by atoms with van der Waals surface area (Å²) in [6.45, 7) is 3.58. The number of hydrogen-bond acceptors (Lipinski definition) is 5. The fourth-order valence-electron chi connectivity index (χ4n) is 3.16. The maximum atomic E-state index is 12.2. The maximum Gasteiger partial charge on any atom is 0.260 e. The first kappa shape index (κ1) is 22.9. The fraction of sp³-hybridized carbons (Fsp3) is 0.375. The van der Waals surface area contributed by atoms with E-state index in [9.17, 15) is 9.59 Å². The third-order valence-corrected chi connectivity index (χ3v) is 6.27. The van der Waals surface area contributed by atoms with Crippen LogP contribution in [0.3, 0.4) is 0 Å². The van der Waals surface area contributed by atoms with Gasteiger partial charge >= 0.3 is 0 Å². The summed E-state index contributed by atoms with van der Waals surface area (Å²) in [7, 11) is 0. The number of piperidine rings is 1. The number of amides is 2. The Hall–Kier alpha value is -2.80. The molecule has 0 saturated carbocycles. The van der Waals surface area contributed by atoms with Gasteiger partial charge in [-0.1, -0.05) is 30.3 Å². The highest BCUT2D eigenvalue weighted by molar-refractivity contribution is 7.99. The molecule has 7 heteroatoms. The molecular formula is C24H29N3O3S. The number of thioether (sulfide) groups is 1. The monoisotopic (exact) mass is 439 g/mol. The molecule has 31 heavy (non-hydrogen) atoms. The number of carbonyl (C=O) groups excluding carboxylic acids is 2. The van der Waals surface area contributed by atoms with Gasteiger partial charge in [0.15, 0.2) is 6.61 Å². The van der Waals surface area contributed by atoms with E-state index in [2.05, 4.69) is 10.5 Å². The smallest absolute Gasteiger partial charge is 0.260 e. The van der Waals surface area contributed by atoms with E-state index in [-0.39, 0.29) is 23.7 Å². The lowest BCUT2D eigenvalue weighted by Crippen LogP contribution is -2.38. The Labute approximate surface area is 188 Å². The summed E-state index contributed by atoms with van der Waals surface area (Å²) in [6.07, 6.45) is 4.93. The van der Waals surface area contributed by atoms with E-state index < -0.39 is 0 Å². The van der Waals surface area contributed by atoms with Gasteiger partial charge in [-0.15, -0.1) is 11.8 Å². The van der Waals surface area contributed by atoms with Crippen LogP contribution in [-0.2, 0) is 15.3 Å². The van der Waals surface area contributed by atoms with Gasteiger partial charge in [0.05, 0.1) is 11.5 Å². The summed E-state index contributed by atoms with van der Waals surface area (Å²) in [6, 6.07) is 17.3. The molecule has 1 aliphatic rings. The summed E-state index contributed by atoms with van der Waals surface area (Å²) >= 11 is 1.57. The minimum absolute atomic E-state index is 0.0345. The lowest BCUT2D eigenvalue weighted by molar-refractivity contribution is -0.134. The molecule has 3 rings (SSSR count). The van der Waals surface area contributed by atoms with E-state index >= 15 is 0 Å². The van der Waals surface area contributed by atoms with Gasteiger partial charge in [0.2, 0.25) is 0 Å². The van der Waals surface area contributed by atoms with Crippen LogP contribution in [0, 0.1) is 0 Å². The molecule has 1 N–H and O–H groups in total. The zero-order valence-electron chi connectivity index (χ0n) is 17.8. The summed E-state index contributed by atoms with van der Waals surface area (Å²) in [4.78, 5) is 26.2. The van der Waals surface area contributed by atoms with Gasteiger partial charge in [-0.2, -0.15) is 5.10 Å². The molecule has 1 fully saturated rings. The van der Waals surface area contributed by atoms with Gasteiger partial charge in [-0.25, -0.2) is 5.43 Å². The van der Waals surface area contributed by atoms with Crippen molar-refractivity contribution in [2.75, 3.05) is 19.7 Å². The molecule has 1 aliphatic heterocycles. The summed E-state index contributed by atoms with van der Waals surface area (Å²) in [5, 5.41) is 3.84. The first-order valence-corrected chi connectivity index (χ1v) is 11.7. The molecule has 0 radical (unpaired) electrons. The average Bonchev–Trinajstić information content (AvgIpc) is 2.83. The van der Waals surface area contributed by atoms with Crippen LogP contribution in [0.15, 0.2) is 59.7 Å². The fourth-order valence-corrected chi connectivity index (χ4v) is 4.00. The standard InChI is InChI=1S/C24H29N3O3S/c1-19(31-18-21-8-4-2-5-9-21)24(29)26-25-16-20-10-12-22(13-11-20)30-17-23(28)27-14-6-3-7-15-27/h2,4-5,8-13,16,19H,3,6-7,14-15,17-18H2,1H3,(H,26,29)/b25-16-/t19-/m0/s1. The molecule has 2 amide bonds. The van der Waals surface area contributed by atoms with Crippen LogP contribution in [0.5, 0.6) is 5.75 Å². The number of likely N-dealkylation sites (tertiary alicyclic amines) is 1. The van der Waals surface area contributed by atoms with Crippen LogP contribution in [-0.4, -0.2) is 47.9 Å². The predicted octanol–water partition coefficient (Wildman–Crippen LogP) is 3.85. The third kappa shape index (κ3) is 7.75. The van der Waals surface area contributed by atoms with Crippen molar-refractivity contribution in [3.05, 3.63) is 65.7 Å². The zero-order valence-corrected chi connectivity index (χ0v) is 18.6. The van der Waals surface area contributed by atoms with Crippen molar-refractivity contribution >= 4 is 29.8 Å². The van der Waals surface area contributed by atoms with Gasteiger partial charge in [0, 0.05) is 18.8 Å². The highest BCUT2D eigenvalue weighted by Crippen LogP contribution is 2.17. The lowest BCUT2D eigenvalue weighted by atomic mass is 10.1. The quantitative estimate of drug-likeness (QED) is 0.476. The van der Waals surface area contributed by atoms with E-state index in [0.29, 0.717) is 5.75 Å². The molecule has 0 unspecified atom stereocenters. The normalized spacial score (nSPS) is 14.9. The van der Waals surface area contributed by atoms with Crippen molar-refractivity contribution in [3.63, 3.8) is 0 Å². The van der Waals surface area contributed by atoms with Crippen LogP contribution in [0.4, 0.5) is 0 Å². The number of hydrogen-bond donors (Lipinski definition) is 1. The topological polar surface area (TPSA) is 71.0 Å². The van der Waals surface area contributed by atoms with E-state index in [1.165, 1.54) is 12.0 Å². The lowest BCUT2D eigenvalue weighted by Gasteiger charge is -2.26. The van der Waals surface area contributed by atoms with Gasteiger partial charge < -0.3 is 9.64 Å². The number of rotatable bonds is 9. The van der Waals surface area contributed by atoms with Crippen LogP contribution in [0.1, 0.15) is 37.3 Å². The van der Waals surface area contributed by atoms with E-state index in [0.717, 1.165) is 37.2 Å². The summed E-state index contributed by atoms with van der Waals surface area (Å²) < 4.78 is 5.61. The van der Waals surface area contributed by atoms with Gasteiger partial charge in [0.25, 0.3) is 11.8 Å². The molecule has 2 aromatic carbocycles. The summed E-state index contributed by atoms with van der Waals surface area (Å²) in [5.74, 6) is 1.32. The average molecular weight is 440 g/mol.